The maximum atomic E-state index is 6.21. The number of methoxy groups -OCH3 is 1. The van der Waals surface area contributed by atoms with Crippen molar-refractivity contribution in [2.24, 2.45) is 0 Å². The first-order valence-corrected chi connectivity index (χ1v) is 8.13. The molecule has 0 amide bonds. The van der Waals surface area contributed by atoms with Gasteiger partial charge in [0.2, 0.25) is 0 Å². The van der Waals surface area contributed by atoms with E-state index in [1.54, 1.807) is 30.2 Å². The smallest absolute Gasteiger partial charge is 0.131 e. The lowest BCUT2D eigenvalue weighted by atomic mass is 10.1. The van der Waals surface area contributed by atoms with E-state index in [4.69, 9.17) is 20.2 Å². The van der Waals surface area contributed by atoms with Gasteiger partial charge in [0.05, 0.1) is 28.2 Å². The fourth-order valence-electron chi connectivity index (χ4n) is 2.44. The predicted octanol–water partition coefficient (Wildman–Crippen LogP) is 3.74. The zero-order valence-electron chi connectivity index (χ0n) is 13.4. The van der Waals surface area contributed by atoms with Gasteiger partial charge in [-0.05, 0) is 32.0 Å². The van der Waals surface area contributed by atoms with Crippen LogP contribution in [0.2, 0.25) is 0 Å². The van der Waals surface area contributed by atoms with E-state index in [0.29, 0.717) is 12.3 Å². The summed E-state index contributed by atoms with van der Waals surface area (Å²) in [6.45, 7) is 4.46. The molecular formula is C17H19N3O2S. The molecule has 3 aromatic rings. The van der Waals surface area contributed by atoms with Gasteiger partial charge in [0.25, 0.3) is 0 Å². The number of anilines is 1. The summed E-state index contributed by atoms with van der Waals surface area (Å²) >= 11 is 1.55. The number of ether oxygens (including phenoxy) is 2. The normalized spacial score (nSPS) is 11.8. The lowest BCUT2D eigenvalue weighted by Crippen LogP contribution is -2.33. The average molecular weight is 329 g/mol. The molecule has 1 aromatic carbocycles. The van der Waals surface area contributed by atoms with Crippen molar-refractivity contribution in [3.63, 3.8) is 0 Å². The first kappa shape index (κ1) is 15.7. The van der Waals surface area contributed by atoms with Crippen molar-refractivity contribution < 1.29 is 9.47 Å². The quantitative estimate of drug-likeness (QED) is 0.722. The van der Waals surface area contributed by atoms with Gasteiger partial charge in [-0.2, -0.15) is 0 Å². The molecule has 2 N–H and O–H groups in total. The van der Waals surface area contributed by atoms with Crippen LogP contribution in [0, 0.1) is 0 Å². The van der Waals surface area contributed by atoms with Crippen molar-refractivity contribution in [2.75, 3.05) is 19.5 Å². The van der Waals surface area contributed by atoms with Crippen molar-refractivity contribution in [2.45, 2.75) is 19.4 Å². The molecule has 0 radical (unpaired) electrons. The molecule has 0 saturated heterocycles. The number of nitrogen functional groups attached to an aromatic ring is 1. The molecule has 2 aromatic heterocycles. The molecule has 0 aliphatic carbocycles. The Kier molecular flexibility index (Phi) is 4.19. The SMILES string of the molecule is COCC(C)(C)Oc1cc(-c2cncs2)nc2ccc(N)cc12. The second kappa shape index (κ2) is 6.14. The van der Waals surface area contributed by atoms with Crippen molar-refractivity contribution in [3.05, 3.63) is 36.0 Å². The first-order valence-electron chi connectivity index (χ1n) is 7.25. The number of pyridine rings is 1. The van der Waals surface area contributed by atoms with Crippen LogP contribution in [-0.4, -0.2) is 29.3 Å². The van der Waals surface area contributed by atoms with Crippen LogP contribution in [-0.2, 0) is 4.74 Å². The van der Waals surface area contributed by atoms with E-state index in [-0.39, 0.29) is 0 Å². The highest BCUT2D eigenvalue weighted by atomic mass is 32.1. The molecular weight excluding hydrogens is 310 g/mol. The number of fused-ring (bicyclic) bond motifs is 1. The molecule has 6 heteroatoms. The lowest BCUT2D eigenvalue weighted by Gasteiger charge is -2.26. The van der Waals surface area contributed by atoms with Crippen LogP contribution in [0.25, 0.3) is 21.5 Å². The summed E-state index contributed by atoms with van der Waals surface area (Å²) in [5.74, 6) is 0.743. The number of hydrogen-bond acceptors (Lipinski definition) is 6. The summed E-state index contributed by atoms with van der Waals surface area (Å²) in [6.07, 6.45) is 1.81. The number of rotatable bonds is 5. The fraction of sp³-hybridized carbons (Fsp3) is 0.294. The molecule has 120 valence electrons. The molecule has 23 heavy (non-hydrogen) atoms. The minimum Gasteiger partial charge on any atom is -0.485 e. The Morgan fingerprint density at radius 2 is 2.09 bits per heavy atom. The Labute approximate surface area is 139 Å². The Bertz CT molecular complexity index is 816. The van der Waals surface area contributed by atoms with Gasteiger partial charge in [-0.3, -0.25) is 4.98 Å². The number of nitrogens with two attached hydrogens (primary N) is 1. The zero-order valence-corrected chi connectivity index (χ0v) is 14.2. The molecule has 0 unspecified atom stereocenters. The average Bonchev–Trinajstić information content (AvgIpc) is 3.01. The van der Waals surface area contributed by atoms with Crippen molar-refractivity contribution in [1.82, 2.24) is 9.97 Å². The van der Waals surface area contributed by atoms with E-state index in [0.717, 1.165) is 27.2 Å². The van der Waals surface area contributed by atoms with Gasteiger partial charge in [-0.1, -0.05) is 0 Å². The maximum Gasteiger partial charge on any atom is 0.131 e. The fourth-order valence-corrected chi connectivity index (χ4v) is 3.02. The van der Waals surface area contributed by atoms with Crippen LogP contribution in [0.5, 0.6) is 5.75 Å². The van der Waals surface area contributed by atoms with E-state index >= 15 is 0 Å². The van der Waals surface area contributed by atoms with Gasteiger partial charge in [0.15, 0.2) is 0 Å². The third-order valence-corrected chi connectivity index (χ3v) is 4.15. The van der Waals surface area contributed by atoms with Crippen LogP contribution in [0.1, 0.15) is 13.8 Å². The second-order valence-electron chi connectivity index (χ2n) is 5.94. The lowest BCUT2D eigenvalue weighted by molar-refractivity contribution is 0.0191. The third-order valence-electron chi connectivity index (χ3n) is 3.36. The van der Waals surface area contributed by atoms with Gasteiger partial charge in [0, 0.05) is 30.4 Å². The summed E-state index contributed by atoms with van der Waals surface area (Å²) in [6, 6.07) is 7.57. The Hall–Kier alpha value is -2.18. The molecule has 0 atom stereocenters. The number of aromatic nitrogens is 2. The number of hydrogen-bond donors (Lipinski definition) is 1. The van der Waals surface area contributed by atoms with Crippen LogP contribution in [0.15, 0.2) is 36.0 Å². The summed E-state index contributed by atoms with van der Waals surface area (Å²) < 4.78 is 11.5. The van der Waals surface area contributed by atoms with Crippen LogP contribution in [0.3, 0.4) is 0 Å². The summed E-state index contributed by atoms with van der Waals surface area (Å²) in [4.78, 5) is 9.82. The Morgan fingerprint density at radius 3 is 2.78 bits per heavy atom. The van der Waals surface area contributed by atoms with E-state index in [1.807, 2.05) is 38.1 Å². The van der Waals surface area contributed by atoms with Gasteiger partial charge in [-0.25, -0.2) is 4.98 Å². The summed E-state index contributed by atoms with van der Waals surface area (Å²) in [7, 11) is 1.66. The summed E-state index contributed by atoms with van der Waals surface area (Å²) in [5, 5.41) is 0.891. The second-order valence-corrected chi connectivity index (χ2v) is 6.83. The molecule has 3 rings (SSSR count). The first-order chi connectivity index (χ1) is 11.0. The monoisotopic (exact) mass is 329 g/mol. The van der Waals surface area contributed by atoms with Crippen molar-refractivity contribution in [3.8, 4) is 16.3 Å². The van der Waals surface area contributed by atoms with Gasteiger partial charge < -0.3 is 15.2 Å². The molecule has 2 heterocycles. The van der Waals surface area contributed by atoms with Gasteiger partial charge in [0.1, 0.15) is 11.4 Å². The number of benzene rings is 1. The molecule has 0 bridgehead atoms. The number of thiazole rings is 1. The van der Waals surface area contributed by atoms with Crippen molar-refractivity contribution in [1.29, 1.82) is 0 Å². The number of nitrogens with zero attached hydrogens (tertiary/aromatic N) is 2. The zero-order chi connectivity index (χ0) is 16.4. The predicted molar refractivity (Wildman–Crippen MR) is 93.8 cm³/mol. The van der Waals surface area contributed by atoms with Gasteiger partial charge >= 0.3 is 0 Å². The molecule has 5 nitrogen and oxygen atoms in total. The summed E-state index contributed by atoms with van der Waals surface area (Å²) in [5.41, 5.74) is 9.63. The molecule has 0 aliphatic rings. The molecule has 0 aliphatic heterocycles. The Balaban J connectivity index is 2.14. The van der Waals surface area contributed by atoms with Crippen LogP contribution in [0.4, 0.5) is 5.69 Å². The minimum absolute atomic E-state index is 0.460. The maximum absolute atomic E-state index is 6.21. The van der Waals surface area contributed by atoms with Gasteiger partial charge in [-0.15, -0.1) is 11.3 Å². The highest BCUT2D eigenvalue weighted by Gasteiger charge is 2.22. The third kappa shape index (κ3) is 3.43. The minimum atomic E-state index is -0.460. The highest BCUT2D eigenvalue weighted by Crippen LogP contribution is 2.34. The van der Waals surface area contributed by atoms with E-state index < -0.39 is 5.60 Å². The largest absolute Gasteiger partial charge is 0.485 e. The topological polar surface area (TPSA) is 70.3 Å². The van der Waals surface area contributed by atoms with E-state index in [2.05, 4.69) is 4.98 Å². The molecule has 0 spiro atoms. The van der Waals surface area contributed by atoms with E-state index in [1.165, 1.54) is 0 Å². The standard InChI is InChI=1S/C17H19N3O2S/c1-17(2,9-21-3)22-15-7-14(16-8-19-10-23-16)20-13-5-4-11(18)6-12(13)15/h4-8,10H,9,18H2,1-3H3. The highest BCUT2D eigenvalue weighted by molar-refractivity contribution is 7.13. The van der Waals surface area contributed by atoms with Crippen LogP contribution < -0.4 is 10.5 Å². The Morgan fingerprint density at radius 1 is 1.26 bits per heavy atom. The van der Waals surface area contributed by atoms with Crippen molar-refractivity contribution >= 4 is 27.9 Å². The molecule has 0 fully saturated rings. The van der Waals surface area contributed by atoms with E-state index in [9.17, 15) is 0 Å². The van der Waals surface area contributed by atoms with Crippen LogP contribution >= 0.6 is 11.3 Å². The molecule has 0 saturated carbocycles.